The van der Waals surface area contributed by atoms with Crippen molar-refractivity contribution in [2.45, 2.75) is 20.8 Å². The lowest BCUT2D eigenvalue weighted by atomic mass is 10.2. The summed E-state index contributed by atoms with van der Waals surface area (Å²) in [5.74, 6) is 0.839. The van der Waals surface area contributed by atoms with E-state index in [9.17, 15) is 0 Å². The number of anilines is 1. The average molecular weight is 324 g/mol. The van der Waals surface area contributed by atoms with Crippen molar-refractivity contribution in [3.8, 4) is 5.69 Å². The molecule has 6 nitrogen and oxygen atoms in total. The van der Waals surface area contributed by atoms with E-state index in [0.717, 1.165) is 48.7 Å². The molecule has 0 amide bonds. The van der Waals surface area contributed by atoms with Crippen molar-refractivity contribution in [2.75, 3.05) is 31.5 Å². The van der Waals surface area contributed by atoms with Gasteiger partial charge in [-0.2, -0.15) is 5.10 Å². The van der Waals surface area contributed by atoms with Crippen molar-refractivity contribution < 1.29 is 0 Å². The maximum Gasteiger partial charge on any atom is 0.168 e. The normalized spacial score (nSPS) is 11.3. The predicted octanol–water partition coefficient (Wildman–Crippen LogP) is 2.88. The topological polar surface area (TPSA) is 58.9 Å². The van der Waals surface area contributed by atoms with Gasteiger partial charge in [0.25, 0.3) is 0 Å². The number of aromatic nitrogens is 4. The molecule has 0 radical (unpaired) electrons. The zero-order valence-electron chi connectivity index (χ0n) is 14.5. The van der Waals surface area contributed by atoms with Gasteiger partial charge in [0.15, 0.2) is 5.65 Å². The third kappa shape index (κ3) is 3.38. The van der Waals surface area contributed by atoms with E-state index >= 15 is 0 Å². The number of nitrogens with zero attached hydrogens (tertiary/aromatic N) is 5. The van der Waals surface area contributed by atoms with Gasteiger partial charge in [0.05, 0.1) is 17.3 Å². The monoisotopic (exact) mass is 324 g/mol. The zero-order valence-corrected chi connectivity index (χ0v) is 14.5. The number of fused-ring (bicyclic) bond motifs is 1. The smallest absolute Gasteiger partial charge is 0.168 e. The standard InChI is InChI=1S/C18H24N6/c1-4-23(5-2)10-9-19-17-16-12-22-24(18(16)21-13-20-17)15-8-6-7-14(3)11-15/h6-8,11-13H,4-5,9-10H2,1-3H3,(H,19,20,21). The molecule has 126 valence electrons. The molecule has 0 saturated carbocycles. The molecule has 0 aliphatic heterocycles. The fraction of sp³-hybridized carbons (Fsp3) is 0.389. The van der Waals surface area contributed by atoms with E-state index in [-0.39, 0.29) is 0 Å². The lowest BCUT2D eigenvalue weighted by molar-refractivity contribution is 0.316. The van der Waals surface area contributed by atoms with Gasteiger partial charge in [-0.15, -0.1) is 0 Å². The van der Waals surface area contributed by atoms with Crippen LogP contribution < -0.4 is 5.32 Å². The molecular formula is C18H24N6. The summed E-state index contributed by atoms with van der Waals surface area (Å²) in [5.41, 5.74) is 3.03. The third-order valence-electron chi connectivity index (χ3n) is 4.23. The van der Waals surface area contributed by atoms with Crippen LogP contribution in [-0.4, -0.2) is 50.8 Å². The average Bonchev–Trinajstić information content (AvgIpc) is 3.03. The molecule has 0 aliphatic rings. The van der Waals surface area contributed by atoms with Crippen LogP contribution in [0.25, 0.3) is 16.7 Å². The number of rotatable bonds is 7. The lowest BCUT2D eigenvalue weighted by Crippen LogP contribution is -2.28. The summed E-state index contributed by atoms with van der Waals surface area (Å²) in [4.78, 5) is 11.2. The molecular weight excluding hydrogens is 300 g/mol. The highest BCUT2D eigenvalue weighted by molar-refractivity contribution is 5.87. The molecule has 1 aromatic carbocycles. The first-order chi connectivity index (χ1) is 11.7. The highest BCUT2D eigenvalue weighted by Gasteiger charge is 2.11. The number of likely N-dealkylation sites (N-methyl/N-ethyl adjacent to an activating group) is 1. The summed E-state index contributed by atoms with van der Waals surface area (Å²) >= 11 is 0. The molecule has 0 fully saturated rings. The Kier molecular flexibility index (Phi) is 5.05. The maximum atomic E-state index is 4.51. The predicted molar refractivity (Wildman–Crippen MR) is 97.7 cm³/mol. The van der Waals surface area contributed by atoms with Crippen LogP contribution in [-0.2, 0) is 0 Å². The Labute approximate surface area is 142 Å². The number of hydrogen-bond donors (Lipinski definition) is 1. The highest BCUT2D eigenvalue weighted by Crippen LogP contribution is 2.21. The number of aryl methyl sites for hydroxylation is 1. The second kappa shape index (κ2) is 7.40. The molecule has 0 aliphatic carbocycles. The quantitative estimate of drug-likeness (QED) is 0.724. The Morgan fingerprint density at radius 2 is 2.00 bits per heavy atom. The van der Waals surface area contributed by atoms with Crippen LogP contribution in [0.5, 0.6) is 0 Å². The van der Waals surface area contributed by atoms with Gasteiger partial charge in [-0.25, -0.2) is 14.6 Å². The summed E-state index contributed by atoms with van der Waals surface area (Å²) in [7, 11) is 0. The van der Waals surface area contributed by atoms with E-state index < -0.39 is 0 Å². The Balaban J connectivity index is 1.84. The molecule has 24 heavy (non-hydrogen) atoms. The molecule has 0 bridgehead atoms. The van der Waals surface area contributed by atoms with E-state index in [1.54, 1.807) is 6.33 Å². The summed E-state index contributed by atoms with van der Waals surface area (Å²) in [5, 5.41) is 8.87. The Bertz CT molecular complexity index is 806. The summed E-state index contributed by atoms with van der Waals surface area (Å²) < 4.78 is 1.86. The van der Waals surface area contributed by atoms with E-state index in [4.69, 9.17) is 0 Å². The van der Waals surface area contributed by atoms with Crippen molar-refractivity contribution >= 4 is 16.9 Å². The van der Waals surface area contributed by atoms with Gasteiger partial charge in [-0.05, 0) is 37.7 Å². The Morgan fingerprint density at radius 1 is 1.17 bits per heavy atom. The number of nitrogens with one attached hydrogen (secondary N) is 1. The SMILES string of the molecule is CCN(CC)CCNc1ncnc2c1cnn2-c1cccc(C)c1. The highest BCUT2D eigenvalue weighted by atomic mass is 15.3. The largest absolute Gasteiger partial charge is 0.368 e. The van der Waals surface area contributed by atoms with Gasteiger partial charge < -0.3 is 10.2 Å². The molecule has 0 saturated heterocycles. The minimum absolute atomic E-state index is 0.820. The molecule has 2 aromatic heterocycles. The third-order valence-corrected chi connectivity index (χ3v) is 4.23. The van der Waals surface area contributed by atoms with Crippen molar-refractivity contribution in [1.29, 1.82) is 0 Å². The van der Waals surface area contributed by atoms with Crippen LogP contribution in [0.2, 0.25) is 0 Å². The Morgan fingerprint density at radius 3 is 2.75 bits per heavy atom. The lowest BCUT2D eigenvalue weighted by Gasteiger charge is -2.18. The summed E-state index contributed by atoms with van der Waals surface area (Å²) in [6, 6.07) is 8.24. The van der Waals surface area contributed by atoms with Crippen LogP contribution >= 0.6 is 0 Å². The molecule has 0 atom stereocenters. The molecule has 3 aromatic rings. The molecule has 0 unspecified atom stereocenters. The van der Waals surface area contributed by atoms with E-state index in [1.165, 1.54) is 5.56 Å². The van der Waals surface area contributed by atoms with E-state index in [0.29, 0.717) is 0 Å². The molecule has 2 heterocycles. The second-order valence-electron chi connectivity index (χ2n) is 5.81. The minimum atomic E-state index is 0.820. The first kappa shape index (κ1) is 16.4. The molecule has 1 N–H and O–H groups in total. The summed E-state index contributed by atoms with van der Waals surface area (Å²) in [6.07, 6.45) is 3.42. The number of hydrogen-bond acceptors (Lipinski definition) is 5. The van der Waals surface area contributed by atoms with Gasteiger partial charge in [0.2, 0.25) is 0 Å². The maximum absolute atomic E-state index is 4.51. The van der Waals surface area contributed by atoms with Gasteiger partial charge in [0, 0.05) is 13.1 Å². The molecule has 0 spiro atoms. The zero-order chi connectivity index (χ0) is 16.9. The number of benzene rings is 1. The van der Waals surface area contributed by atoms with Crippen LogP contribution in [0.1, 0.15) is 19.4 Å². The van der Waals surface area contributed by atoms with E-state index in [2.05, 4.69) is 58.2 Å². The fourth-order valence-corrected chi connectivity index (χ4v) is 2.81. The van der Waals surface area contributed by atoms with E-state index in [1.807, 2.05) is 23.0 Å². The van der Waals surface area contributed by atoms with Gasteiger partial charge in [-0.3, -0.25) is 0 Å². The van der Waals surface area contributed by atoms with Gasteiger partial charge in [0.1, 0.15) is 12.1 Å². The molecule has 6 heteroatoms. The second-order valence-corrected chi connectivity index (χ2v) is 5.81. The minimum Gasteiger partial charge on any atom is -0.368 e. The van der Waals surface area contributed by atoms with Crippen LogP contribution in [0.3, 0.4) is 0 Å². The van der Waals surface area contributed by atoms with Crippen molar-refractivity contribution in [1.82, 2.24) is 24.6 Å². The van der Waals surface area contributed by atoms with Crippen LogP contribution in [0, 0.1) is 6.92 Å². The van der Waals surface area contributed by atoms with Crippen molar-refractivity contribution in [2.24, 2.45) is 0 Å². The first-order valence-electron chi connectivity index (χ1n) is 8.45. The van der Waals surface area contributed by atoms with Crippen LogP contribution in [0.15, 0.2) is 36.8 Å². The Hall–Kier alpha value is -2.47. The summed E-state index contributed by atoms with van der Waals surface area (Å²) in [6.45, 7) is 10.4. The van der Waals surface area contributed by atoms with Gasteiger partial charge >= 0.3 is 0 Å². The first-order valence-corrected chi connectivity index (χ1v) is 8.45. The van der Waals surface area contributed by atoms with Crippen LogP contribution in [0.4, 0.5) is 5.82 Å². The van der Waals surface area contributed by atoms with Gasteiger partial charge in [-0.1, -0.05) is 26.0 Å². The molecule has 3 rings (SSSR count). The fourth-order valence-electron chi connectivity index (χ4n) is 2.81. The van der Waals surface area contributed by atoms with Crippen molar-refractivity contribution in [3.63, 3.8) is 0 Å². The van der Waals surface area contributed by atoms with Crippen molar-refractivity contribution in [3.05, 3.63) is 42.4 Å².